The Hall–Kier alpha value is -1.26. The predicted octanol–water partition coefficient (Wildman–Crippen LogP) is 0.850. The number of aliphatic hydroxyl groups is 2. The van der Waals surface area contributed by atoms with Crippen LogP contribution in [0.4, 0.5) is 5.69 Å². The molecule has 4 heteroatoms. The van der Waals surface area contributed by atoms with E-state index >= 15 is 0 Å². The van der Waals surface area contributed by atoms with Crippen molar-refractivity contribution in [2.24, 2.45) is 0 Å². The molecular weight excluding hydrogens is 194 g/mol. The molecule has 0 aliphatic heterocycles. The number of rotatable bonds is 6. The Morgan fingerprint density at radius 1 is 1.33 bits per heavy atom. The normalized spacial score (nSPS) is 12.2. The van der Waals surface area contributed by atoms with Gasteiger partial charge in [-0.3, -0.25) is 0 Å². The second kappa shape index (κ2) is 6.27. The highest BCUT2D eigenvalue weighted by Gasteiger charge is 1.98. The molecule has 3 N–H and O–H groups in total. The summed E-state index contributed by atoms with van der Waals surface area (Å²) in [7, 11) is 0. The average Bonchev–Trinajstić information content (AvgIpc) is 2.25. The summed E-state index contributed by atoms with van der Waals surface area (Å²) >= 11 is 0. The number of nitrogens with one attached hydrogen (secondary N) is 1. The third-order valence-corrected chi connectivity index (χ3v) is 1.79. The van der Waals surface area contributed by atoms with Crippen LogP contribution in [0.5, 0.6) is 5.75 Å². The highest BCUT2D eigenvalue weighted by Crippen LogP contribution is 2.15. The van der Waals surface area contributed by atoms with E-state index in [1.165, 1.54) is 0 Å². The smallest absolute Gasteiger partial charge is 0.119 e. The van der Waals surface area contributed by atoms with Crippen molar-refractivity contribution in [3.63, 3.8) is 0 Å². The van der Waals surface area contributed by atoms with Gasteiger partial charge in [0.25, 0.3) is 0 Å². The molecule has 1 aromatic rings. The molecular formula is C11H17NO3. The van der Waals surface area contributed by atoms with Crippen LogP contribution in [0.25, 0.3) is 0 Å². The van der Waals surface area contributed by atoms with Crippen LogP contribution < -0.4 is 10.1 Å². The minimum absolute atomic E-state index is 0.111. The van der Waals surface area contributed by atoms with Gasteiger partial charge in [-0.2, -0.15) is 0 Å². The lowest BCUT2D eigenvalue weighted by atomic mass is 10.3. The molecule has 1 atom stereocenters. The second-order valence-corrected chi connectivity index (χ2v) is 3.33. The molecule has 0 saturated heterocycles. The summed E-state index contributed by atoms with van der Waals surface area (Å²) in [6.07, 6.45) is -0.461. The van der Waals surface area contributed by atoms with Crippen LogP contribution in [0.2, 0.25) is 0 Å². The topological polar surface area (TPSA) is 61.7 Å². The van der Waals surface area contributed by atoms with Crippen LogP contribution in [0.1, 0.15) is 6.92 Å². The lowest BCUT2D eigenvalue weighted by Gasteiger charge is -2.09. The maximum Gasteiger partial charge on any atom is 0.119 e. The Labute approximate surface area is 89.5 Å². The van der Waals surface area contributed by atoms with E-state index in [4.69, 9.17) is 14.9 Å². The van der Waals surface area contributed by atoms with Crippen LogP contribution >= 0.6 is 0 Å². The van der Waals surface area contributed by atoms with Crippen molar-refractivity contribution in [3.8, 4) is 5.75 Å². The molecule has 0 aliphatic carbocycles. The molecule has 0 radical (unpaired) electrons. The Kier molecular flexibility index (Phi) is 4.93. The van der Waals surface area contributed by atoms with Crippen molar-refractivity contribution >= 4 is 5.69 Å². The van der Waals surface area contributed by atoms with Crippen molar-refractivity contribution in [2.45, 2.75) is 13.0 Å². The molecule has 0 amide bonds. The third-order valence-electron chi connectivity index (χ3n) is 1.79. The zero-order valence-electron chi connectivity index (χ0n) is 8.81. The summed E-state index contributed by atoms with van der Waals surface area (Å²) in [5, 5.41) is 20.7. The van der Waals surface area contributed by atoms with Crippen LogP contribution in [-0.4, -0.2) is 36.1 Å². The van der Waals surface area contributed by atoms with Gasteiger partial charge in [0, 0.05) is 12.2 Å². The molecule has 0 saturated carbocycles. The molecule has 4 nitrogen and oxygen atoms in total. The highest BCUT2D eigenvalue weighted by molar-refractivity contribution is 5.46. The number of hydrogen-bond acceptors (Lipinski definition) is 4. The summed E-state index contributed by atoms with van der Waals surface area (Å²) in [6.45, 7) is 2.62. The molecule has 1 unspecified atom stereocenters. The van der Waals surface area contributed by atoms with Gasteiger partial charge in [0.2, 0.25) is 0 Å². The van der Waals surface area contributed by atoms with Gasteiger partial charge < -0.3 is 20.3 Å². The fourth-order valence-electron chi connectivity index (χ4n) is 1.09. The zero-order valence-corrected chi connectivity index (χ0v) is 8.81. The molecule has 15 heavy (non-hydrogen) atoms. The van der Waals surface area contributed by atoms with E-state index in [1.807, 2.05) is 24.3 Å². The van der Waals surface area contributed by atoms with Gasteiger partial charge in [-0.25, -0.2) is 0 Å². The molecule has 0 aromatic heterocycles. The molecule has 0 heterocycles. The van der Waals surface area contributed by atoms with E-state index in [2.05, 4.69) is 5.32 Å². The van der Waals surface area contributed by atoms with E-state index in [9.17, 15) is 0 Å². The van der Waals surface area contributed by atoms with E-state index < -0.39 is 6.10 Å². The van der Waals surface area contributed by atoms with Gasteiger partial charge in [0.05, 0.1) is 12.7 Å². The van der Waals surface area contributed by atoms with Crippen molar-refractivity contribution < 1.29 is 14.9 Å². The Morgan fingerprint density at radius 2 is 2.00 bits per heavy atom. The first-order chi connectivity index (χ1) is 7.22. The maximum absolute atomic E-state index is 9.02. The monoisotopic (exact) mass is 211 g/mol. The molecule has 0 spiro atoms. The summed E-state index contributed by atoms with van der Waals surface area (Å²) in [5.74, 6) is 0.727. The molecule has 0 bridgehead atoms. The standard InChI is InChI=1S/C11H17NO3/c1-9(14)8-15-11-4-2-10(3-5-11)12-6-7-13/h2-5,9,12-14H,6-8H2,1H3. The van der Waals surface area contributed by atoms with E-state index in [0.717, 1.165) is 11.4 Å². The van der Waals surface area contributed by atoms with Crippen molar-refractivity contribution in [1.29, 1.82) is 0 Å². The predicted molar refractivity (Wildman–Crippen MR) is 59.2 cm³/mol. The van der Waals surface area contributed by atoms with E-state index in [1.54, 1.807) is 6.92 Å². The van der Waals surface area contributed by atoms with Crippen LogP contribution in [-0.2, 0) is 0 Å². The third kappa shape index (κ3) is 4.67. The first-order valence-electron chi connectivity index (χ1n) is 4.98. The fraction of sp³-hybridized carbons (Fsp3) is 0.455. The summed E-state index contributed by atoms with van der Waals surface area (Å²) in [6, 6.07) is 7.38. The maximum atomic E-state index is 9.02. The summed E-state index contributed by atoms with van der Waals surface area (Å²) < 4.78 is 5.30. The van der Waals surface area contributed by atoms with Gasteiger partial charge >= 0.3 is 0 Å². The van der Waals surface area contributed by atoms with Crippen LogP contribution in [0, 0.1) is 0 Å². The number of anilines is 1. The number of hydrogen-bond donors (Lipinski definition) is 3. The molecule has 1 rings (SSSR count). The van der Waals surface area contributed by atoms with Crippen LogP contribution in [0.15, 0.2) is 24.3 Å². The zero-order chi connectivity index (χ0) is 11.1. The molecule has 0 fully saturated rings. The van der Waals surface area contributed by atoms with Crippen molar-refractivity contribution in [2.75, 3.05) is 25.1 Å². The number of ether oxygens (including phenoxy) is 1. The minimum atomic E-state index is -0.461. The Bertz CT molecular complexity index is 272. The SMILES string of the molecule is CC(O)COc1ccc(NCCO)cc1. The van der Waals surface area contributed by atoms with E-state index in [0.29, 0.717) is 13.2 Å². The second-order valence-electron chi connectivity index (χ2n) is 3.33. The van der Waals surface area contributed by atoms with Gasteiger partial charge in [-0.15, -0.1) is 0 Å². The first kappa shape index (κ1) is 11.8. The van der Waals surface area contributed by atoms with Gasteiger partial charge in [-0.05, 0) is 31.2 Å². The van der Waals surface area contributed by atoms with Crippen LogP contribution in [0.3, 0.4) is 0 Å². The van der Waals surface area contributed by atoms with Gasteiger partial charge in [0.15, 0.2) is 0 Å². The van der Waals surface area contributed by atoms with Crippen molar-refractivity contribution in [3.05, 3.63) is 24.3 Å². The molecule has 0 aliphatic rings. The average molecular weight is 211 g/mol. The lowest BCUT2D eigenvalue weighted by Crippen LogP contribution is -2.12. The number of benzene rings is 1. The van der Waals surface area contributed by atoms with Crippen molar-refractivity contribution in [1.82, 2.24) is 0 Å². The fourth-order valence-corrected chi connectivity index (χ4v) is 1.09. The summed E-state index contributed by atoms with van der Waals surface area (Å²) in [5.41, 5.74) is 0.938. The summed E-state index contributed by atoms with van der Waals surface area (Å²) in [4.78, 5) is 0. The molecule has 84 valence electrons. The first-order valence-corrected chi connectivity index (χ1v) is 4.98. The minimum Gasteiger partial charge on any atom is -0.491 e. The Balaban J connectivity index is 2.41. The number of aliphatic hydroxyl groups excluding tert-OH is 2. The van der Waals surface area contributed by atoms with Gasteiger partial charge in [-0.1, -0.05) is 0 Å². The quantitative estimate of drug-likeness (QED) is 0.653. The highest BCUT2D eigenvalue weighted by atomic mass is 16.5. The largest absolute Gasteiger partial charge is 0.491 e. The Morgan fingerprint density at radius 3 is 2.53 bits per heavy atom. The van der Waals surface area contributed by atoms with E-state index in [-0.39, 0.29) is 6.61 Å². The van der Waals surface area contributed by atoms with Gasteiger partial charge in [0.1, 0.15) is 12.4 Å². The lowest BCUT2D eigenvalue weighted by molar-refractivity contribution is 0.123. The molecule has 1 aromatic carbocycles.